The summed E-state index contributed by atoms with van der Waals surface area (Å²) in [7, 11) is 0. The fourth-order valence-electron chi connectivity index (χ4n) is 3.79. The zero-order chi connectivity index (χ0) is 24.9. The molecule has 3 N–H and O–H groups in total. The van der Waals surface area contributed by atoms with Gasteiger partial charge in [-0.15, -0.1) is 0 Å². The molecule has 36 heavy (non-hydrogen) atoms. The molecule has 0 fully saturated rings. The molecule has 0 saturated heterocycles. The molecule has 1 heterocycles. The lowest BCUT2D eigenvalue weighted by molar-refractivity contribution is 0.0950. The van der Waals surface area contributed by atoms with Gasteiger partial charge in [0.25, 0.3) is 5.91 Å². The Kier molecular flexibility index (Phi) is 6.64. The van der Waals surface area contributed by atoms with Crippen LogP contribution in [0.15, 0.2) is 96.1 Å². The molecule has 0 saturated carbocycles. The van der Waals surface area contributed by atoms with Crippen LogP contribution in [0, 0.1) is 0 Å². The predicted octanol–water partition coefficient (Wildman–Crippen LogP) is 5.93. The highest BCUT2D eigenvalue weighted by atomic mass is 35.5. The van der Waals surface area contributed by atoms with Crippen molar-refractivity contribution in [2.75, 3.05) is 0 Å². The van der Waals surface area contributed by atoms with Gasteiger partial charge in [-0.05, 0) is 41.1 Å². The quantitative estimate of drug-likeness (QED) is 0.192. The van der Waals surface area contributed by atoms with E-state index in [1.54, 1.807) is 12.1 Å². The largest absolute Gasteiger partial charge is 0.507 e. The average Bonchev–Trinajstić information content (AvgIpc) is 3.40. The number of rotatable bonds is 7. The minimum Gasteiger partial charge on any atom is -0.507 e. The molecular weight excluding hydrogens is 476 g/mol. The highest BCUT2D eigenvalue weighted by molar-refractivity contribution is 6.31. The zero-order valence-corrected chi connectivity index (χ0v) is 19.7. The number of para-hydroxylation sites is 1. The number of nitrogens with zero attached hydrogens (tertiary/aromatic N) is 2. The number of aromatic amines is 1. The number of nitrogens with one attached hydrogen (secondary N) is 2. The molecule has 0 bridgehead atoms. The van der Waals surface area contributed by atoms with Crippen molar-refractivity contribution in [3.8, 4) is 22.8 Å². The van der Waals surface area contributed by atoms with Crippen LogP contribution in [0.2, 0.25) is 5.02 Å². The molecule has 0 aliphatic heterocycles. The van der Waals surface area contributed by atoms with Crippen LogP contribution in [0.5, 0.6) is 11.5 Å². The summed E-state index contributed by atoms with van der Waals surface area (Å²) in [5.74, 6) is 0.212. The zero-order valence-electron chi connectivity index (χ0n) is 19.0. The van der Waals surface area contributed by atoms with Gasteiger partial charge in [0.1, 0.15) is 23.8 Å². The summed E-state index contributed by atoms with van der Waals surface area (Å²) in [5, 5.41) is 23.7. The predicted molar refractivity (Wildman–Crippen MR) is 140 cm³/mol. The van der Waals surface area contributed by atoms with E-state index >= 15 is 0 Å². The molecule has 0 atom stereocenters. The van der Waals surface area contributed by atoms with E-state index in [-0.39, 0.29) is 11.4 Å². The number of aromatic nitrogens is 2. The van der Waals surface area contributed by atoms with Crippen LogP contribution in [0.1, 0.15) is 21.6 Å². The number of carbonyl (C=O) groups is 1. The number of hydrogen-bond acceptors (Lipinski definition) is 5. The molecule has 0 spiro atoms. The monoisotopic (exact) mass is 496 g/mol. The smallest absolute Gasteiger partial charge is 0.289 e. The molecule has 0 unspecified atom stereocenters. The topological polar surface area (TPSA) is 99.6 Å². The number of phenols is 1. The lowest BCUT2D eigenvalue weighted by Gasteiger charge is -2.11. The third kappa shape index (κ3) is 4.92. The second kappa shape index (κ2) is 10.3. The van der Waals surface area contributed by atoms with Crippen molar-refractivity contribution in [3.05, 3.63) is 113 Å². The van der Waals surface area contributed by atoms with E-state index in [4.69, 9.17) is 16.3 Å². The minimum absolute atomic E-state index is 0.0731. The fourth-order valence-corrected chi connectivity index (χ4v) is 3.98. The van der Waals surface area contributed by atoms with Gasteiger partial charge in [0, 0.05) is 21.7 Å². The van der Waals surface area contributed by atoms with Crippen LogP contribution < -0.4 is 10.2 Å². The summed E-state index contributed by atoms with van der Waals surface area (Å²) < 4.78 is 6.00. The van der Waals surface area contributed by atoms with Crippen molar-refractivity contribution >= 4 is 34.5 Å². The Balaban J connectivity index is 1.30. The van der Waals surface area contributed by atoms with Crippen LogP contribution in [-0.4, -0.2) is 27.4 Å². The Labute approximate surface area is 212 Å². The van der Waals surface area contributed by atoms with Crippen molar-refractivity contribution < 1.29 is 14.6 Å². The second-order valence-corrected chi connectivity index (χ2v) is 8.37. The SMILES string of the molecule is O=C(N/N=C/c1c(O)ccc2ccccc12)c1cc(-c2ccccc2OCc2ccccc2Cl)n[nH]1. The maximum atomic E-state index is 12.7. The molecule has 0 radical (unpaired) electrons. The van der Waals surface area contributed by atoms with Gasteiger partial charge < -0.3 is 9.84 Å². The van der Waals surface area contributed by atoms with Crippen molar-refractivity contribution in [2.24, 2.45) is 5.10 Å². The number of fused-ring (bicyclic) bond motifs is 1. The summed E-state index contributed by atoms with van der Waals surface area (Å²) in [4.78, 5) is 12.7. The number of H-pyrrole nitrogens is 1. The number of hydrazone groups is 1. The molecule has 7 nitrogen and oxygen atoms in total. The van der Waals surface area contributed by atoms with E-state index in [0.717, 1.165) is 21.9 Å². The first-order chi connectivity index (χ1) is 17.6. The lowest BCUT2D eigenvalue weighted by Crippen LogP contribution is -2.18. The number of phenolic OH excluding ortho intramolecular Hbond substituents is 1. The molecule has 5 rings (SSSR count). The summed E-state index contributed by atoms with van der Waals surface area (Å²) in [6, 6.07) is 27.6. The summed E-state index contributed by atoms with van der Waals surface area (Å²) >= 11 is 6.24. The maximum Gasteiger partial charge on any atom is 0.289 e. The molecule has 0 aliphatic carbocycles. The van der Waals surface area contributed by atoms with E-state index in [2.05, 4.69) is 20.7 Å². The first-order valence-corrected chi connectivity index (χ1v) is 11.5. The third-order valence-corrected chi connectivity index (χ3v) is 6.00. The van der Waals surface area contributed by atoms with Gasteiger partial charge >= 0.3 is 0 Å². The summed E-state index contributed by atoms with van der Waals surface area (Å²) in [5.41, 5.74) is 5.36. The van der Waals surface area contributed by atoms with Crippen LogP contribution in [0.4, 0.5) is 0 Å². The van der Waals surface area contributed by atoms with Gasteiger partial charge in [-0.3, -0.25) is 9.89 Å². The van der Waals surface area contributed by atoms with Crippen molar-refractivity contribution in [2.45, 2.75) is 6.61 Å². The van der Waals surface area contributed by atoms with E-state index < -0.39 is 5.91 Å². The molecule has 0 aliphatic rings. The number of benzene rings is 4. The highest BCUT2D eigenvalue weighted by Gasteiger charge is 2.14. The van der Waals surface area contributed by atoms with Crippen LogP contribution in [0.25, 0.3) is 22.0 Å². The average molecular weight is 497 g/mol. The Bertz CT molecular complexity index is 1580. The van der Waals surface area contributed by atoms with Gasteiger partial charge in [-0.1, -0.05) is 72.3 Å². The molecule has 8 heteroatoms. The molecule has 1 aromatic heterocycles. The maximum absolute atomic E-state index is 12.7. The fraction of sp³-hybridized carbons (Fsp3) is 0.0357. The number of aromatic hydroxyl groups is 1. The van der Waals surface area contributed by atoms with Gasteiger partial charge in [0.05, 0.1) is 11.9 Å². The number of ether oxygens (including phenoxy) is 1. The van der Waals surface area contributed by atoms with Crippen LogP contribution in [-0.2, 0) is 6.61 Å². The number of carbonyl (C=O) groups excluding carboxylic acids is 1. The summed E-state index contributed by atoms with van der Waals surface area (Å²) in [6.07, 6.45) is 1.42. The normalized spacial score (nSPS) is 11.1. The Hall–Kier alpha value is -4.62. The number of halogens is 1. The first kappa shape index (κ1) is 23.1. The van der Waals surface area contributed by atoms with Crippen LogP contribution >= 0.6 is 11.6 Å². The molecule has 1 amide bonds. The van der Waals surface area contributed by atoms with Gasteiger partial charge in [-0.25, -0.2) is 5.43 Å². The second-order valence-electron chi connectivity index (χ2n) is 7.96. The number of amides is 1. The van der Waals surface area contributed by atoms with Gasteiger partial charge in [0.15, 0.2) is 0 Å². The van der Waals surface area contributed by atoms with E-state index in [1.807, 2.05) is 78.9 Å². The van der Waals surface area contributed by atoms with Gasteiger partial charge in [0.2, 0.25) is 0 Å². The van der Waals surface area contributed by atoms with E-state index in [0.29, 0.717) is 28.6 Å². The molecular formula is C28H21ClN4O3. The first-order valence-electron chi connectivity index (χ1n) is 11.2. The molecule has 5 aromatic rings. The van der Waals surface area contributed by atoms with E-state index in [1.165, 1.54) is 6.21 Å². The molecule has 4 aromatic carbocycles. The number of hydrogen-bond donors (Lipinski definition) is 3. The van der Waals surface area contributed by atoms with Crippen molar-refractivity contribution in [1.29, 1.82) is 0 Å². The van der Waals surface area contributed by atoms with Crippen LogP contribution in [0.3, 0.4) is 0 Å². The third-order valence-electron chi connectivity index (χ3n) is 5.63. The van der Waals surface area contributed by atoms with E-state index in [9.17, 15) is 9.90 Å². The lowest BCUT2D eigenvalue weighted by atomic mass is 10.0. The Morgan fingerprint density at radius 3 is 2.69 bits per heavy atom. The highest BCUT2D eigenvalue weighted by Crippen LogP contribution is 2.30. The van der Waals surface area contributed by atoms with Gasteiger partial charge in [-0.2, -0.15) is 10.2 Å². The summed E-state index contributed by atoms with van der Waals surface area (Å²) in [6.45, 7) is 0.296. The minimum atomic E-state index is -0.473. The Morgan fingerprint density at radius 1 is 1.03 bits per heavy atom. The molecule has 178 valence electrons. The Morgan fingerprint density at radius 2 is 1.81 bits per heavy atom. The van der Waals surface area contributed by atoms with Crippen molar-refractivity contribution in [3.63, 3.8) is 0 Å². The van der Waals surface area contributed by atoms with Crippen molar-refractivity contribution in [1.82, 2.24) is 15.6 Å². The standard InChI is InChI=1S/C28H21ClN4O3/c29-23-11-5-2-8-19(23)17-36-27-12-6-4-10-21(27)24-15-25(32-31-24)28(35)33-30-16-22-20-9-3-1-7-18(20)13-14-26(22)34/h1-16,34H,17H2,(H,31,32)(H,33,35)/b30-16+.